The molecule has 0 saturated carbocycles. The van der Waals surface area contributed by atoms with E-state index in [1.54, 1.807) is 0 Å². The normalized spacial score (nSPS) is 10.4. The molecule has 0 aliphatic heterocycles. The molecule has 0 aliphatic carbocycles. The van der Waals surface area contributed by atoms with E-state index in [9.17, 15) is 0 Å². The van der Waals surface area contributed by atoms with Crippen LogP contribution in [0.15, 0.2) is 0 Å². The maximum Gasteiger partial charge on any atom is 0.319 e. The second-order valence-electron chi connectivity index (χ2n) is 2.71. The van der Waals surface area contributed by atoms with E-state index in [0.717, 1.165) is 12.3 Å². The van der Waals surface area contributed by atoms with Crippen LogP contribution in [0.4, 0.5) is 0 Å². The van der Waals surface area contributed by atoms with Gasteiger partial charge in [0.05, 0.1) is 0 Å². The van der Waals surface area contributed by atoms with Crippen molar-refractivity contribution in [3.8, 4) is 0 Å². The summed E-state index contributed by atoms with van der Waals surface area (Å²) in [6, 6.07) is 0. The molecule has 0 saturated heterocycles. The molecule has 0 fully saturated rings. The summed E-state index contributed by atoms with van der Waals surface area (Å²) < 4.78 is 0. The van der Waals surface area contributed by atoms with Crippen LogP contribution in [0.25, 0.3) is 0 Å². The summed E-state index contributed by atoms with van der Waals surface area (Å²) in [6.07, 6.45) is 1.06. The molecule has 11 heteroatoms. The predicted molar refractivity (Wildman–Crippen MR) is 66.7 cm³/mol. The van der Waals surface area contributed by atoms with Crippen molar-refractivity contribution in [1.82, 2.24) is 0 Å². The Bertz CT molecular complexity index is 190. The van der Waals surface area contributed by atoms with Crippen LogP contribution in [0.3, 0.4) is 0 Å². The van der Waals surface area contributed by atoms with Crippen LogP contribution >= 0.6 is 13.4 Å². The Labute approximate surface area is 119 Å². The molecule has 0 heterocycles. The van der Waals surface area contributed by atoms with Gasteiger partial charge in [0.1, 0.15) is 0 Å². The third kappa shape index (κ3) is 249. The Hall–Kier alpha value is 1.68. The van der Waals surface area contributed by atoms with Crippen LogP contribution in [0.1, 0.15) is 20.3 Å². The van der Waals surface area contributed by atoms with E-state index in [1.807, 2.05) is 0 Å². The van der Waals surface area contributed by atoms with E-state index in [0.29, 0.717) is 0 Å². The van der Waals surface area contributed by atoms with Crippen molar-refractivity contribution in [2.45, 2.75) is 20.3 Å². The molecule has 0 spiro atoms. The minimum Gasteiger partial charge on any atom is -0.343 e. The molecule has 0 aromatic carbocycles. The van der Waals surface area contributed by atoms with Gasteiger partial charge in [-0.2, -0.15) is 6.42 Å². The quantitative estimate of drug-likeness (QED) is 0.222. The summed E-state index contributed by atoms with van der Waals surface area (Å²) >= 11 is 7.21. The molecule has 0 radical (unpaired) electrons. The molecule has 16 heavy (non-hydrogen) atoms. The van der Waals surface area contributed by atoms with Crippen molar-refractivity contribution in [2.75, 3.05) is 0 Å². The molecule has 98 valence electrons. The molecule has 0 rings (SSSR count). The summed E-state index contributed by atoms with van der Waals surface area (Å²) in [5.41, 5.74) is 0. The van der Waals surface area contributed by atoms with E-state index >= 15 is 0 Å². The second-order valence-corrected chi connectivity index (χ2v) is 7.70. The number of hydrogen-bond donors (Lipinski definition) is 6. The van der Waals surface area contributed by atoms with Gasteiger partial charge in [0.2, 0.25) is 0 Å². The van der Waals surface area contributed by atoms with Crippen molar-refractivity contribution in [3.05, 3.63) is 6.92 Å². The zero-order chi connectivity index (χ0) is 13.3. The SMILES string of the molecule is OP(O)(O)=S.OP(O)(O)=S.[CH2-]CC(C)C.[Zn]. The molecule has 0 atom stereocenters. The van der Waals surface area contributed by atoms with Crippen LogP contribution in [0.5, 0.6) is 0 Å². The molecular weight excluding hydrogens is 348 g/mol. The average molecular weight is 365 g/mol. The molecule has 6 N–H and O–H groups in total. The third-order valence-electron chi connectivity index (χ3n) is 0.577. The molecule has 0 bridgehead atoms. The van der Waals surface area contributed by atoms with Gasteiger partial charge in [-0.1, -0.05) is 19.8 Å². The Balaban J connectivity index is -0.0000000655. The zero-order valence-electron chi connectivity index (χ0n) is 9.09. The number of rotatable bonds is 1. The summed E-state index contributed by atoms with van der Waals surface area (Å²) in [7, 11) is 0. The van der Waals surface area contributed by atoms with E-state index < -0.39 is 13.4 Å². The van der Waals surface area contributed by atoms with Crippen LogP contribution in [-0.4, -0.2) is 29.4 Å². The third-order valence-corrected chi connectivity index (χ3v) is 0.577. The fraction of sp³-hybridized carbons (Fsp3) is 0.800. The van der Waals surface area contributed by atoms with Crippen LogP contribution in [0, 0.1) is 12.8 Å². The fourth-order valence-corrected chi connectivity index (χ4v) is 0. The maximum atomic E-state index is 7.56. The van der Waals surface area contributed by atoms with E-state index in [1.165, 1.54) is 0 Å². The van der Waals surface area contributed by atoms with Crippen molar-refractivity contribution in [1.29, 1.82) is 0 Å². The summed E-state index contributed by atoms with van der Waals surface area (Å²) in [5, 5.41) is 0. The fourth-order valence-electron chi connectivity index (χ4n) is 0. The summed E-state index contributed by atoms with van der Waals surface area (Å²) in [4.78, 5) is 45.3. The average Bonchev–Trinajstić information content (AvgIpc) is 1.79. The van der Waals surface area contributed by atoms with E-state index in [2.05, 4.69) is 44.4 Å². The van der Waals surface area contributed by atoms with Crippen molar-refractivity contribution >= 4 is 37.1 Å². The van der Waals surface area contributed by atoms with Gasteiger partial charge in [-0.25, -0.2) is 0 Å². The molecule has 0 unspecified atom stereocenters. The largest absolute Gasteiger partial charge is 0.343 e. The minimum atomic E-state index is -3.81. The molecule has 0 amide bonds. The van der Waals surface area contributed by atoms with Gasteiger partial charge in [-0.05, 0) is 23.6 Å². The van der Waals surface area contributed by atoms with Gasteiger partial charge in [0.15, 0.2) is 0 Å². The predicted octanol–water partition coefficient (Wildman–Crippen LogP) is 0.240. The zero-order valence-corrected chi connectivity index (χ0v) is 15.5. The van der Waals surface area contributed by atoms with Crippen molar-refractivity contribution < 1.29 is 48.8 Å². The van der Waals surface area contributed by atoms with Gasteiger partial charge in [0, 0.05) is 19.5 Å². The summed E-state index contributed by atoms with van der Waals surface area (Å²) in [5.74, 6) is 0.773. The Morgan fingerprint density at radius 2 is 1.00 bits per heavy atom. The topological polar surface area (TPSA) is 121 Å². The second kappa shape index (κ2) is 13.1. The Morgan fingerprint density at radius 3 is 1.00 bits per heavy atom. The first-order valence-electron chi connectivity index (χ1n) is 3.63. The molecule has 0 aromatic rings. The molecule has 0 aliphatic rings. The van der Waals surface area contributed by atoms with Crippen LogP contribution < -0.4 is 0 Å². The minimum absolute atomic E-state index is 0. The van der Waals surface area contributed by atoms with Gasteiger partial charge in [-0.15, -0.1) is 0 Å². The smallest absolute Gasteiger partial charge is 0.319 e. The first kappa shape index (κ1) is 26.3. The first-order valence-corrected chi connectivity index (χ1v) is 8.95. The summed E-state index contributed by atoms with van der Waals surface area (Å²) in [6.45, 7) is 0.394. The van der Waals surface area contributed by atoms with Crippen LogP contribution in [-0.2, 0) is 43.1 Å². The Morgan fingerprint density at radius 1 is 0.938 bits per heavy atom. The van der Waals surface area contributed by atoms with Gasteiger partial charge in [0.25, 0.3) is 0 Å². The maximum absolute atomic E-state index is 7.56. The van der Waals surface area contributed by atoms with E-state index in [4.69, 9.17) is 29.4 Å². The van der Waals surface area contributed by atoms with E-state index in [-0.39, 0.29) is 19.5 Å². The molecule has 6 nitrogen and oxygen atoms in total. The molecular formula is C5H17O6P2S2Zn-. The molecule has 0 aromatic heterocycles. The first-order chi connectivity index (χ1) is 6.27. The van der Waals surface area contributed by atoms with Crippen LogP contribution in [0.2, 0.25) is 0 Å². The van der Waals surface area contributed by atoms with Crippen molar-refractivity contribution in [2.24, 2.45) is 5.92 Å². The van der Waals surface area contributed by atoms with Crippen molar-refractivity contribution in [3.63, 3.8) is 0 Å². The van der Waals surface area contributed by atoms with Gasteiger partial charge < -0.3 is 36.3 Å². The standard InChI is InChI=1S/C5H11.2H3O3PS.Zn/c1-4-5(2)3;2*1-4(2,3)5;/h5H,1,4H2,2-3H3;2*(H3,1,2,3,5);/q-1;;;. The van der Waals surface area contributed by atoms with Gasteiger partial charge >= 0.3 is 13.4 Å². The Kier molecular flexibility index (Phi) is 21.6. The number of hydrogen-bond acceptors (Lipinski definition) is 2. The monoisotopic (exact) mass is 363 g/mol. The van der Waals surface area contributed by atoms with Gasteiger partial charge in [-0.3, -0.25) is 0 Å².